The van der Waals surface area contributed by atoms with E-state index < -0.39 is 6.04 Å². The molecule has 0 aliphatic heterocycles. The summed E-state index contributed by atoms with van der Waals surface area (Å²) in [5.74, 6) is -0.163. The van der Waals surface area contributed by atoms with E-state index >= 15 is 0 Å². The van der Waals surface area contributed by atoms with Crippen LogP contribution >= 0.6 is 22.7 Å². The first-order valence-electron chi connectivity index (χ1n) is 5.76. The van der Waals surface area contributed by atoms with Crippen LogP contribution in [0.25, 0.3) is 10.6 Å². The molecule has 2 rings (SSSR count). The summed E-state index contributed by atoms with van der Waals surface area (Å²) in [5, 5.41) is 7.30. The molecule has 0 fully saturated rings. The first-order valence-corrected chi connectivity index (χ1v) is 7.52. The molecule has 0 saturated carbocycles. The van der Waals surface area contributed by atoms with Crippen molar-refractivity contribution in [2.75, 3.05) is 5.32 Å². The summed E-state index contributed by atoms with van der Waals surface area (Å²) in [6, 6.07) is 3.53. The number of thiazole rings is 1. The highest BCUT2D eigenvalue weighted by Gasteiger charge is 2.14. The van der Waals surface area contributed by atoms with Crippen molar-refractivity contribution in [1.82, 2.24) is 4.98 Å². The van der Waals surface area contributed by atoms with Gasteiger partial charge in [0.05, 0.1) is 16.6 Å². The zero-order valence-electron chi connectivity index (χ0n) is 10.1. The molecular formula is C12H15N3OS2. The molecule has 1 atom stereocenters. The summed E-state index contributed by atoms with van der Waals surface area (Å²) >= 11 is 3.05. The summed E-state index contributed by atoms with van der Waals surface area (Å²) in [7, 11) is 0. The molecule has 6 heteroatoms. The smallest absolute Gasteiger partial charge is 0.243 e. The lowest BCUT2D eigenvalue weighted by atomic mass is 10.2. The molecule has 0 saturated heterocycles. The maximum atomic E-state index is 11.7. The van der Waals surface area contributed by atoms with Crippen LogP contribution in [0.5, 0.6) is 0 Å². The Hall–Kier alpha value is -1.24. The Morgan fingerprint density at radius 1 is 1.56 bits per heavy atom. The second-order valence-electron chi connectivity index (χ2n) is 3.90. The Balaban J connectivity index is 2.01. The molecule has 0 aromatic carbocycles. The van der Waals surface area contributed by atoms with Gasteiger partial charge in [0.1, 0.15) is 0 Å². The summed E-state index contributed by atoms with van der Waals surface area (Å²) in [6.45, 7) is 2.01. The topological polar surface area (TPSA) is 68.0 Å². The third-order valence-electron chi connectivity index (χ3n) is 2.44. The molecule has 0 aliphatic carbocycles. The lowest BCUT2D eigenvalue weighted by molar-refractivity contribution is -0.117. The van der Waals surface area contributed by atoms with Crippen molar-refractivity contribution in [2.45, 2.75) is 25.8 Å². The zero-order valence-corrected chi connectivity index (χ0v) is 11.7. The minimum atomic E-state index is -0.455. The van der Waals surface area contributed by atoms with Crippen LogP contribution in [0.4, 0.5) is 5.13 Å². The van der Waals surface area contributed by atoms with Crippen molar-refractivity contribution in [3.63, 3.8) is 0 Å². The third kappa shape index (κ3) is 3.16. The molecule has 0 aliphatic rings. The Morgan fingerprint density at radius 3 is 3.06 bits per heavy atom. The summed E-state index contributed by atoms with van der Waals surface area (Å²) < 4.78 is 0. The average molecular weight is 281 g/mol. The van der Waals surface area contributed by atoms with Crippen LogP contribution in [0, 0.1) is 0 Å². The number of nitrogens with zero attached hydrogens (tertiary/aromatic N) is 1. The minimum Gasteiger partial charge on any atom is -0.320 e. The van der Waals surface area contributed by atoms with Crippen molar-refractivity contribution in [1.29, 1.82) is 0 Å². The van der Waals surface area contributed by atoms with E-state index in [0.717, 1.165) is 17.0 Å². The molecule has 2 heterocycles. The highest BCUT2D eigenvalue weighted by Crippen LogP contribution is 2.28. The molecular weight excluding hydrogens is 266 g/mol. The molecule has 0 radical (unpaired) electrons. The van der Waals surface area contributed by atoms with Gasteiger partial charge in [-0.15, -0.1) is 22.7 Å². The molecule has 2 aromatic rings. The number of nitrogens with two attached hydrogens (primary N) is 1. The van der Waals surface area contributed by atoms with Gasteiger partial charge in [0.15, 0.2) is 5.13 Å². The van der Waals surface area contributed by atoms with E-state index in [9.17, 15) is 4.79 Å². The van der Waals surface area contributed by atoms with Gasteiger partial charge in [0, 0.05) is 5.38 Å². The van der Waals surface area contributed by atoms with Gasteiger partial charge in [0.2, 0.25) is 5.91 Å². The van der Waals surface area contributed by atoms with Crippen LogP contribution < -0.4 is 11.1 Å². The lowest BCUT2D eigenvalue weighted by Gasteiger charge is -2.08. The largest absolute Gasteiger partial charge is 0.320 e. The van der Waals surface area contributed by atoms with E-state index in [-0.39, 0.29) is 5.91 Å². The van der Waals surface area contributed by atoms with E-state index in [4.69, 9.17) is 5.73 Å². The molecule has 1 unspecified atom stereocenters. The van der Waals surface area contributed by atoms with E-state index in [2.05, 4.69) is 10.3 Å². The van der Waals surface area contributed by atoms with Crippen LogP contribution in [0.3, 0.4) is 0 Å². The van der Waals surface area contributed by atoms with Crippen molar-refractivity contribution >= 4 is 33.7 Å². The fourth-order valence-electron chi connectivity index (χ4n) is 1.51. The maximum Gasteiger partial charge on any atom is 0.243 e. The average Bonchev–Trinajstić information content (AvgIpc) is 2.98. The number of carbonyl (C=O) groups excluding carboxylic acids is 1. The van der Waals surface area contributed by atoms with Crippen molar-refractivity contribution < 1.29 is 4.79 Å². The lowest BCUT2D eigenvalue weighted by Crippen LogP contribution is -2.35. The van der Waals surface area contributed by atoms with Gasteiger partial charge >= 0.3 is 0 Å². The number of carbonyl (C=O) groups is 1. The third-order valence-corrected chi connectivity index (χ3v) is 4.09. The van der Waals surface area contributed by atoms with Crippen LogP contribution in [0.15, 0.2) is 22.9 Å². The molecule has 18 heavy (non-hydrogen) atoms. The fraction of sp³-hybridized carbons (Fsp3) is 0.333. The van der Waals surface area contributed by atoms with Gasteiger partial charge in [-0.3, -0.25) is 4.79 Å². The Kier molecular flexibility index (Phi) is 4.46. The summed E-state index contributed by atoms with van der Waals surface area (Å²) in [5.41, 5.74) is 6.64. The molecule has 2 aromatic heterocycles. The SMILES string of the molecule is CCCC(N)C(=O)Nc1nc(-c2cccs2)cs1. The normalized spacial score (nSPS) is 12.3. The van der Waals surface area contributed by atoms with Gasteiger partial charge in [0.25, 0.3) is 0 Å². The zero-order chi connectivity index (χ0) is 13.0. The predicted octanol–water partition coefficient (Wildman–Crippen LogP) is 2.94. The summed E-state index contributed by atoms with van der Waals surface area (Å²) in [4.78, 5) is 17.2. The number of thiophene rings is 1. The molecule has 0 bridgehead atoms. The first-order chi connectivity index (χ1) is 8.70. The van der Waals surface area contributed by atoms with Crippen molar-refractivity contribution in [3.8, 4) is 10.6 Å². The quantitative estimate of drug-likeness (QED) is 0.885. The van der Waals surface area contributed by atoms with Crippen molar-refractivity contribution in [3.05, 3.63) is 22.9 Å². The Labute approximate surface area is 114 Å². The molecule has 3 N–H and O–H groups in total. The molecule has 1 amide bonds. The second kappa shape index (κ2) is 6.08. The predicted molar refractivity (Wildman–Crippen MR) is 76.9 cm³/mol. The molecule has 0 spiro atoms. The van der Waals surface area contributed by atoms with E-state index in [1.807, 2.05) is 29.8 Å². The van der Waals surface area contributed by atoms with Gasteiger partial charge in [-0.1, -0.05) is 19.4 Å². The standard InChI is InChI=1S/C12H15N3OS2/c1-2-4-8(13)11(16)15-12-14-9(7-18-12)10-5-3-6-17-10/h3,5-8H,2,4,13H2,1H3,(H,14,15,16). The van der Waals surface area contributed by atoms with Crippen LogP contribution in [0.2, 0.25) is 0 Å². The van der Waals surface area contributed by atoms with Crippen LogP contribution in [-0.4, -0.2) is 16.9 Å². The fourth-order valence-corrected chi connectivity index (χ4v) is 2.98. The number of nitrogens with one attached hydrogen (secondary N) is 1. The van der Waals surface area contributed by atoms with E-state index in [1.165, 1.54) is 11.3 Å². The maximum absolute atomic E-state index is 11.7. The van der Waals surface area contributed by atoms with Gasteiger partial charge in [-0.25, -0.2) is 4.98 Å². The van der Waals surface area contributed by atoms with Gasteiger partial charge < -0.3 is 11.1 Å². The Morgan fingerprint density at radius 2 is 2.39 bits per heavy atom. The minimum absolute atomic E-state index is 0.163. The number of anilines is 1. The number of hydrogen-bond donors (Lipinski definition) is 2. The van der Waals surface area contributed by atoms with E-state index in [1.54, 1.807) is 11.3 Å². The Bertz CT molecular complexity index is 507. The number of hydrogen-bond acceptors (Lipinski definition) is 5. The van der Waals surface area contributed by atoms with Crippen LogP contribution in [-0.2, 0) is 4.79 Å². The van der Waals surface area contributed by atoms with Gasteiger partial charge in [-0.2, -0.15) is 0 Å². The second-order valence-corrected chi connectivity index (χ2v) is 5.71. The molecule has 4 nitrogen and oxygen atoms in total. The number of amides is 1. The summed E-state index contributed by atoms with van der Waals surface area (Å²) in [6.07, 6.45) is 1.59. The highest BCUT2D eigenvalue weighted by molar-refractivity contribution is 7.16. The van der Waals surface area contributed by atoms with Gasteiger partial charge in [-0.05, 0) is 17.9 Å². The van der Waals surface area contributed by atoms with Crippen LogP contribution in [0.1, 0.15) is 19.8 Å². The number of rotatable bonds is 5. The van der Waals surface area contributed by atoms with Crippen molar-refractivity contribution in [2.24, 2.45) is 5.73 Å². The first kappa shape index (κ1) is 13.2. The molecule has 96 valence electrons. The van der Waals surface area contributed by atoms with E-state index in [0.29, 0.717) is 11.6 Å². The monoisotopic (exact) mass is 281 g/mol. The number of aromatic nitrogens is 1. The highest BCUT2D eigenvalue weighted by atomic mass is 32.1.